The van der Waals surface area contributed by atoms with Crippen LogP contribution in [0.15, 0.2) is 54.6 Å². The standard InChI is InChI=1S/C22H22ClFN4O2/c23-18-4-2-1-3-17(18)19-13-20(27-26-19)22(29)25-14-21(28-9-11-30-12-10-28)15-5-7-16(24)8-6-15/h1-8,13,21H,9-12,14H2,(H,25,29)(H,26,27). The summed E-state index contributed by atoms with van der Waals surface area (Å²) in [6.45, 7) is 3.14. The number of hydrogen-bond acceptors (Lipinski definition) is 4. The van der Waals surface area contributed by atoms with Crippen LogP contribution in [-0.2, 0) is 4.74 Å². The van der Waals surface area contributed by atoms with Crippen LogP contribution in [0.3, 0.4) is 0 Å². The van der Waals surface area contributed by atoms with Gasteiger partial charge in [0.15, 0.2) is 0 Å². The molecule has 0 radical (unpaired) electrons. The largest absolute Gasteiger partial charge is 0.379 e. The highest BCUT2D eigenvalue weighted by atomic mass is 35.5. The summed E-state index contributed by atoms with van der Waals surface area (Å²) in [6, 6.07) is 15.3. The molecular formula is C22H22ClFN4O2. The molecule has 156 valence electrons. The number of morpholine rings is 1. The van der Waals surface area contributed by atoms with Gasteiger partial charge in [0.05, 0.1) is 30.0 Å². The van der Waals surface area contributed by atoms with Crippen molar-refractivity contribution in [2.24, 2.45) is 0 Å². The fraction of sp³-hybridized carbons (Fsp3) is 0.273. The monoisotopic (exact) mass is 428 g/mol. The van der Waals surface area contributed by atoms with Crippen molar-refractivity contribution in [1.29, 1.82) is 0 Å². The van der Waals surface area contributed by atoms with E-state index < -0.39 is 0 Å². The van der Waals surface area contributed by atoms with Crippen molar-refractivity contribution < 1.29 is 13.9 Å². The Hall–Kier alpha value is -2.74. The lowest BCUT2D eigenvalue weighted by molar-refractivity contribution is 0.0162. The highest BCUT2D eigenvalue weighted by molar-refractivity contribution is 6.33. The van der Waals surface area contributed by atoms with Crippen LogP contribution in [0.25, 0.3) is 11.3 Å². The third-order valence-corrected chi connectivity index (χ3v) is 5.50. The molecule has 1 atom stereocenters. The number of benzene rings is 2. The first kappa shape index (κ1) is 20.5. The van der Waals surface area contributed by atoms with E-state index in [1.54, 1.807) is 24.3 Å². The molecule has 3 aromatic rings. The third kappa shape index (κ3) is 4.70. The quantitative estimate of drug-likeness (QED) is 0.628. The van der Waals surface area contributed by atoms with Crippen molar-refractivity contribution in [3.05, 3.63) is 76.7 Å². The van der Waals surface area contributed by atoms with Crippen molar-refractivity contribution >= 4 is 17.5 Å². The summed E-state index contributed by atoms with van der Waals surface area (Å²) >= 11 is 6.22. The molecular weight excluding hydrogens is 407 g/mol. The summed E-state index contributed by atoms with van der Waals surface area (Å²) in [4.78, 5) is 15.0. The first-order valence-corrected chi connectivity index (χ1v) is 10.2. The molecule has 0 aliphatic carbocycles. The van der Waals surface area contributed by atoms with Gasteiger partial charge in [-0.05, 0) is 29.8 Å². The summed E-state index contributed by atoms with van der Waals surface area (Å²) in [5.74, 6) is -0.547. The van der Waals surface area contributed by atoms with Crippen molar-refractivity contribution in [1.82, 2.24) is 20.4 Å². The first-order valence-electron chi connectivity index (χ1n) is 9.77. The maximum Gasteiger partial charge on any atom is 0.269 e. The van der Waals surface area contributed by atoms with E-state index >= 15 is 0 Å². The average molecular weight is 429 g/mol. The highest BCUT2D eigenvalue weighted by Crippen LogP contribution is 2.26. The fourth-order valence-electron chi connectivity index (χ4n) is 3.56. The van der Waals surface area contributed by atoms with Gasteiger partial charge in [0.2, 0.25) is 0 Å². The summed E-state index contributed by atoms with van der Waals surface area (Å²) in [5, 5.41) is 10.5. The van der Waals surface area contributed by atoms with E-state index in [0.717, 1.165) is 24.2 Å². The molecule has 1 aliphatic heterocycles. The van der Waals surface area contributed by atoms with Crippen molar-refractivity contribution in [3.63, 3.8) is 0 Å². The maximum absolute atomic E-state index is 13.4. The number of aromatic nitrogens is 2. The zero-order valence-electron chi connectivity index (χ0n) is 16.3. The number of carbonyl (C=O) groups is 1. The summed E-state index contributed by atoms with van der Waals surface area (Å²) < 4.78 is 18.8. The molecule has 0 bridgehead atoms. The van der Waals surface area contributed by atoms with E-state index in [4.69, 9.17) is 16.3 Å². The van der Waals surface area contributed by atoms with Gasteiger partial charge in [-0.15, -0.1) is 0 Å². The van der Waals surface area contributed by atoms with Crippen molar-refractivity contribution in [2.45, 2.75) is 6.04 Å². The second-order valence-corrected chi connectivity index (χ2v) is 7.48. The molecule has 2 aromatic carbocycles. The predicted octanol–water partition coefficient (Wildman–Crippen LogP) is 3.67. The number of H-pyrrole nitrogens is 1. The Labute approximate surface area is 179 Å². The molecule has 1 amide bonds. The Morgan fingerprint density at radius 3 is 2.67 bits per heavy atom. The molecule has 1 aromatic heterocycles. The Morgan fingerprint density at radius 2 is 1.93 bits per heavy atom. The van der Waals surface area contributed by atoms with Gasteiger partial charge in [-0.2, -0.15) is 5.10 Å². The number of nitrogens with zero attached hydrogens (tertiary/aromatic N) is 2. The van der Waals surface area contributed by atoms with E-state index in [1.165, 1.54) is 12.1 Å². The van der Waals surface area contributed by atoms with E-state index in [0.29, 0.717) is 36.2 Å². The van der Waals surface area contributed by atoms with Crippen LogP contribution in [0.4, 0.5) is 4.39 Å². The molecule has 1 unspecified atom stereocenters. The molecule has 8 heteroatoms. The number of nitrogens with one attached hydrogen (secondary N) is 2. The number of ether oxygens (including phenoxy) is 1. The molecule has 6 nitrogen and oxygen atoms in total. The van der Waals surface area contributed by atoms with Gasteiger partial charge >= 0.3 is 0 Å². The lowest BCUT2D eigenvalue weighted by atomic mass is 10.0. The number of halogens is 2. The molecule has 1 aliphatic rings. The Bertz CT molecular complexity index is 1000. The minimum atomic E-state index is -0.284. The normalized spacial score (nSPS) is 15.7. The number of amides is 1. The van der Waals surface area contributed by atoms with E-state index in [9.17, 15) is 9.18 Å². The van der Waals surface area contributed by atoms with Gasteiger partial charge in [-0.1, -0.05) is 41.9 Å². The number of rotatable bonds is 6. The molecule has 1 saturated heterocycles. The number of hydrogen-bond donors (Lipinski definition) is 2. The Kier molecular flexibility index (Phi) is 6.42. The van der Waals surface area contributed by atoms with Crippen LogP contribution < -0.4 is 5.32 Å². The zero-order chi connectivity index (χ0) is 20.9. The highest BCUT2D eigenvalue weighted by Gasteiger charge is 2.24. The fourth-order valence-corrected chi connectivity index (χ4v) is 3.79. The van der Waals surface area contributed by atoms with Crippen molar-refractivity contribution in [2.75, 3.05) is 32.8 Å². The summed E-state index contributed by atoms with van der Waals surface area (Å²) in [5.41, 5.74) is 2.66. The maximum atomic E-state index is 13.4. The minimum Gasteiger partial charge on any atom is -0.379 e. The second-order valence-electron chi connectivity index (χ2n) is 7.07. The van der Waals surface area contributed by atoms with Gasteiger partial charge < -0.3 is 10.1 Å². The zero-order valence-corrected chi connectivity index (χ0v) is 17.0. The van der Waals surface area contributed by atoms with E-state index in [-0.39, 0.29) is 17.8 Å². The van der Waals surface area contributed by atoms with Crippen LogP contribution in [0.1, 0.15) is 22.1 Å². The SMILES string of the molecule is O=C(NCC(c1ccc(F)cc1)N1CCOCC1)c1cc(-c2ccccc2Cl)n[nH]1. The molecule has 1 fully saturated rings. The lowest BCUT2D eigenvalue weighted by Crippen LogP contribution is -2.43. The van der Waals surface area contributed by atoms with Crippen LogP contribution in [-0.4, -0.2) is 53.9 Å². The Morgan fingerprint density at radius 1 is 1.20 bits per heavy atom. The van der Waals surface area contributed by atoms with Gasteiger partial charge in [-0.25, -0.2) is 4.39 Å². The van der Waals surface area contributed by atoms with Crippen LogP contribution in [0.5, 0.6) is 0 Å². The molecule has 30 heavy (non-hydrogen) atoms. The van der Waals surface area contributed by atoms with Crippen LogP contribution in [0.2, 0.25) is 5.02 Å². The first-order chi connectivity index (χ1) is 14.6. The molecule has 0 spiro atoms. The Balaban J connectivity index is 1.47. The average Bonchev–Trinajstić information content (AvgIpc) is 3.26. The van der Waals surface area contributed by atoms with Gasteiger partial charge in [0, 0.05) is 25.2 Å². The van der Waals surface area contributed by atoms with E-state index in [2.05, 4.69) is 20.4 Å². The number of carbonyl (C=O) groups excluding carboxylic acids is 1. The summed E-state index contributed by atoms with van der Waals surface area (Å²) in [6.07, 6.45) is 0. The van der Waals surface area contributed by atoms with Gasteiger partial charge in [-0.3, -0.25) is 14.8 Å². The number of aromatic amines is 1. The second kappa shape index (κ2) is 9.38. The third-order valence-electron chi connectivity index (χ3n) is 5.17. The summed E-state index contributed by atoms with van der Waals surface area (Å²) in [7, 11) is 0. The lowest BCUT2D eigenvalue weighted by Gasteiger charge is -2.34. The van der Waals surface area contributed by atoms with E-state index in [1.807, 2.05) is 18.2 Å². The molecule has 2 heterocycles. The van der Waals surface area contributed by atoms with Crippen LogP contribution >= 0.6 is 11.6 Å². The van der Waals surface area contributed by atoms with Gasteiger partial charge in [0.1, 0.15) is 11.5 Å². The molecule has 4 rings (SSSR count). The predicted molar refractivity (Wildman–Crippen MR) is 113 cm³/mol. The van der Waals surface area contributed by atoms with Gasteiger partial charge in [0.25, 0.3) is 5.91 Å². The smallest absolute Gasteiger partial charge is 0.269 e. The van der Waals surface area contributed by atoms with Crippen LogP contribution in [0, 0.1) is 5.82 Å². The minimum absolute atomic E-state index is 0.0793. The molecule has 0 saturated carbocycles. The van der Waals surface area contributed by atoms with Crippen molar-refractivity contribution in [3.8, 4) is 11.3 Å². The topological polar surface area (TPSA) is 70.2 Å². The molecule has 2 N–H and O–H groups in total.